The molecule has 15 heavy (non-hydrogen) atoms. The minimum absolute atomic E-state index is 0.336. The first kappa shape index (κ1) is 12.0. The third-order valence-corrected chi connectivity index (χ3v) is 2.20. The normalized spacial score (nSPS) is 12.2. The monoisotopic (exact) mass is 228 g/mol. The number of hydrogen-bond acceptors (Lipinski definition) is 3. The quantitative estimate of drug-likeness (QED) is 0.787. The summed E-state index contributed by atoms with van der Waals surface area (Å²) in [6, 6.07) is 4.98. The van der Waals surface area contributed by atoms with Gasteiger partial charge in [-0.15, -0.1) is 0 Å². The molecule has 0 aromatic heterocycles. The maximum Gasteiger partial charge on any atom is 0.153 e. The molecule has 0 radical (unpaired) electrons. The zero-order valence-electron chi connectivity index (χ0n) is 8.44. The molecule has 1 atom stereocenters. The number of hydrogen-bond donors (Lipinski definition) is 1. The summed E-state index contributed by atoms with van der Waals surface area (Å²) in [7, 11) is 0. The van der Waals surface area contributed by atoms with E-state index in [0.717, 1.165) is 0 Å². The Hall–Kier alpha value is -1.06. The standard InChI is InChI=1S/C11H13ClO3/c1-8(14)5-6-15-11-9(7-13)3-2-4-10(11)12/h2-4,7-8,14H,5-6H2,1H3. The average Bonchev–Trinajstić information content (AvgIpc) is 2.20. The Morgan fingerprint density at radius 1 is 1.60 bits per heavy atom. The van der Waals surface area contributed by atoms with Crippen LogP contribution in [0.15, 0.2) is 18.2 Å². The molecule has 0 saturated heterocycles. The first-order valence-electron chi connectivity index (χ1n) is 4.69. The summed E-state index contributed by atoms with van der Waals surface area (Å²) in [6.07, 6.45) is 0.778. The van der Waals surface area contributed by atoms with E-state index in [9.17, 15) is 4.79 Å². The van der Waals surface area contributed by atoms with Crippen LogP contribution in [0.2, 0.25) is 5.02 Å². The summed E-state index contributed by atoms with van der Waals surface area (Å²) in [4.78, 5) is 10.7. The number of carbonyl (C=O) groups is 1. The van der Waals surface area contributed by atoms with E-state index < -0.39 is 6.10 Å². The molecule has 0 amide bonds. The van der Waals surface area contributed by atoms with Gasteiger partial charge in [-0.05, 0) is 19.1 Å². The van der Waals surface area contributed by atoms with E-state index in [1.54, 1.807) is 25.1 Å². The van der Waals surface area contributed by atoms with Gasteiger partial charge in [0.25, 0.3) is 0 Å². The second-order valence-electron chi connectivity index (χ2n) is 3.26. The number of para-hydroxylation sites is 1. The van der Waals surface area contributed by atoms with Crippen LogP contribution < -0.4 is 4.74 Å². The van der Waals surface area contributed by atoms with Crippen LogP contribution >= 0.6 is 11.6 Å². The van der Waals surface area contributed by atoms with Crippen molar-refractivity contribution in [1.82, 2.24) is 0 Å². The van der Waals surface area contributed by atoms with E-state index in [1.807, 2.05) is 0 Å². The van der Waals surface area contributed by atoms with Gasteiger partial charge in [-0.2, -0.15) is 0 Å². The van der Waals surface area contributed by atoms with Crippen LogP contribution in [0, 0.1) is 0 Å². The van der Waals surface area contributed by atoms with Crippen molar-refractivity contribution in [3.8, 4) is 5.75 Å². The molecule has 1 N–H and O–H groups in total. The van der Waals surface area contributed by atoms with Crippen LogP contribution in [0.25, 0.3) is 0 Å². The van der Waals surface area contributed by atoms with Crippen molar-refractivity contribution < 1.29 is 14.6 Å². The van der Waals surface area contributed by atoms with Gasteiger partial charge < -0.3 is 9.84 Å². The highest BCUT2D eigenvalue weighted by Crippen LogP contribution is 2.27. The highest BCUT2D eigenvalue weighted by atomic mass is 35.5. The van der Waals surface area contributed by atoms with Gasteiger partial charge in [0.15, 0.2) is 6.29 Å². The zero-order valence-corrected chi connectivity index (χ0v) is 9.20. The average molecular weight is 229 g/mol. The van der Waals surface area contributed by atoms with Crippen LogP contribution in [0.3, 0.4) is 0 Å². The Morgan fingerprint density at radius 2 is 2.33 bits per heavy atom. The molecule has 0 spiro atoms. The lowest BCUT2D eigenvalue weighted by molar-refractivity contribution is 0.111. The maximum atomic E-state index is 10.7. The molecular formula is C11H13ClO3. The molecule has 1 aromatic rings. The fourth-order valence-electron chi connectivity index (χ4n) is 1.10. The summed E-state index contributed by atoms with van der Waals surface area (Å²) in [5.41, 5.74) is 0.424. The molecule has 1 rings (SSSR count). The van der Waals surface area contributed by atoms with Gasteiger partial charge in [0.05, 0.1) is 23.3 Å². The van der Waals surface area contributed by atoms with Crippen molar-refractivity contribution in [2.24, 2.45) is 0 Å². The highest BCUT2D eigenvalue weighted by Gasteiger charge is 2.07. The minimum Gasteiger partial charge on any atom is -0.491 e. The lowest BCUT2D eigenvalue weighted by Crippen LogP contribution is -2.08. The number of benzene rings is 1. The van der Waals surface area contributed by atoms with Crippen LogP contribution in [0.1, 0.15) is 23.7 Å². The second-order valence-corrected chi connectivity index (χ2v) is 3.67. The second kappa shape index (κ2) is 5.73. The maximum absolute atomic E-state index is 10.7. The molecule has 4 heteroatoms. The largest absolute Gasteiger partial charge is 0.491 e. The van der Waals surface area contributed by atoms with Gasteiger partial charge in [-0.25, -0.2) is 0 Å². The Kier molecular flexibility index (Phi) is 4.59. The van der Waals surface area contributed by atoms with Crippen molar-refractivity contribution >= 4 is 17.9 Å². The number of aldehydes is 1. The number of aliphatic hydroxyl groups is 1. The van der Waals surface area contributed by atoms with Crippen LogP contribution in [-0.2, 0) is 0 Å². The summed E-state index contributed by atoms with van der Waals surface area (Å²) in [5, 5.41) is 9.45. The van der Waals surface area contributed by atoms with Gasteiger partial charge in [-0.1, -0.05) is 17.7 Å². The number of halogens is 1. The molecule has 3 nitrogen and oxygen atoms in total. The first-order valence-corrected chi connectivity index (χ1v) is 5.07. The number of aliphatic hydroxyl groups excluding tert-OH is 1. The van der Waals surface area contributed by atoms with Gasteiger partial charge in [0.2, 0.25) is 0 Å². The molecule has 0 aliphatic carbocycles. The van der Waals surface area contributed by atoms with Crippen LogP contribution in [0.4, 0.5) is 0 Å². The smallest absolute Gasteiger partial charge is 0.153 e. The van der Waals surface area contributed by atoms with Crippen molar-refractivity contribution in [3.63, 3.8) is 0 Å². The topological polar surface area (TPSA) is 46.5 Å². The van der Waals surface area contributed by atoms with E-state index in [0.29, 0.717) is 35.6 Å². The van der Waals surface area contributed by atoms with Gasteiger partial charge in [-0.3, -0.25) is 4.79 Å². The summed E-state index contributed by atoms with van der Waals surface area (Å²) in [5.74, 6) is 0.384. The molecule has 1 unspecified atom stereocenters. The number of carbonyl (C=O) groups excluding carboxylic acids is 1. The molecular weight excluding hydrogens is 216 g/mol. The minimum atomic E-state index is -0.424. The Balaban J connectivity index is 2.70. The van der Waals surface area contributed by atoms with Crippen molar-refractivity contribution in [3.05, 3.63) is 28.8 Å². The lowest BCUT2D eigenvalue weighted by atomic mass is 10.2. The van der Waals surface area contributed by atoms with E-state index in [2.05, 4.69) is 0 Å². The van der Waals surface area contributed by atoms with E-state index in [4.69, 9.17) is 21.4 Å². The van der Waals surface area contributed by atoms with Gasteiger partial charge >= 0.3 is 0 Å². The van der Waals surface area contributed by atoms with E-state index in [-0.39, 0.29) is 0 Å². The molecule has 82 valence electrons. The predicted octanol–water partition coefficient (Wildman–Crippen LogP) is 2.30. The molecule has 0 fully saturated rings. The van der Waals surface area contributed by atoms with Crippen LogP contribution in [-0.4, -0.2) is 24.1 Å². The van der Waals surface area contributed by atoms with Gasteiger partial charge in [0, 0.05) is 6.42 Å². The summed E-state index contributed by atoms with van der Waals surface area (Å²) >= 11 is 5.88. The van der Waals surface area contributed by atoms with E-state index in [1.165, 1.54) is 0 Å². The zero-order chi connectivity index (χ0) is 11.3. The Morgan fingerprint density at radius 3 is 2.93 bits per heavy atom. The summed E-state index contributed by atoms with van der Waals surface area (Å²) < 4.78 is 5.35. The fourth-order valence-corrected chi connectivity index (χ4v) is 1.34. The van der Waals surface area contributed by atoms with Crippen molar-refractivity contribution in [1.29, 1.82) is 0 Å². The Labute approximate surface area is 93.6 Å². The highest BCUT2D eigenvalue weighted by molar-refractivity contribution is 6.32. The predicted molar refractivity (Wildman–Crippen MR) is 58.6 cm³/mol. The van der Waals surface area contributed by atoms with Gasteiger partial charge in [0.1, 0.15) is 5.75 Å². The molecule has 0 saturated carbocycles. The third-order valence-electron chi connectivity index (χ3n) is 1.91. The fraction of sp³-hybridized carbons (Fsp3) is 0.364. The van der Waals surface area contributed by atoms with Crippen LogP contribution in [0.5, 0.6) is 5.75 Å². The van der Waals surface area contributed by atoms with Crippen molar-refractivity contribution in [2.45, 2.75) is 19.4 Å². The molecule has 0 aliphatic heterocycles. The number of ether oxygens (including phenoxy) is 1. The Bertz CT molecular complexity index is 337. The SMILES string of the molecule is CC(O)CCOc1c(Cl)cccc1C=O. The lowest BCUT2D eigenvalue weighted by Gasteiger charge is -2.10. The number of rotatable bonds is 5. The molecule has 0 bridgehead atoms. The van der Waals surface area contributed by atoms with Crippen molar-refractivity contribution in [2.75, 3.05) is 6.61 Å². The molecule has 0 heterocycles. The molecule has 1 aromatic carbocycles. The summed E-state index contributed by atoms with van der Waals surface area (Å²) in [6.45, 7) is 2.01. The molecule has 0 aliphatic rings. The van der Waals surface area contributed by atoms with E-state index >= 15 is 0 Å². The first-order chi connectivity index (χ1) is 7.15. The third kappa shape index (κ3) is 3.53.